The highest BCUT2D eigenvalue weighted by atomic mass is 19.2. The number of hydrogen-bond acceptors (Lipinski definition) is 3. The molecular formula is C12H17F2NO2. The molecule has 1 N–H and O–H groups in total. The number of methoxy groups -OCH3 is 1. The van der Waals surface area contributed by atoms with Gasteiger partial charge in [0.1, 0.15) is 0 Å². The molecule has 1 aromatic carbocycles. The van der Waals surface area contributed by atoms with E-state index in [0.717, 1.165) is 12.1 Å². The van der Waals surface area contributed by atoms with Crippen LogP contribution in [-0.4, -0.2) is 43.4 Å². The Balaban J connectivity index is 2.50. The van der Waals surface area contributed by atoms with Crippen LogP contribution < -0.4 is 0 Å². The molecule has 1 atom stereocenters. The largest absolute Gasteiger partial charge is 0.389 e. The van der Waals surface area contributed by atoms with Crippen molar-refractivity contribution in [2.24, 2.45) is 0 Å². The van der Waals surface area contributed by atoms with Crippen molar-refractivity contribution in [3.63, 3.8) is 0 Å². The molecule has 1 unspecified atom stereocenters. The molecule has 0 amide bonds. The first-order chi connectivity index (χ1) is 8.02. The van der Waals surface area contributed by atoms with Crippen LogP contribution in [0.25, 0.3) is 0 Å². The quantitative estimate of drug-likeness (QED) is 0.822. The van der Waals surface area contributed by atoms with Crippen LogP contribution in [0.4, 0.5) is 8.78 Å². The second kappa shape index (κ2) is 6.64. The van der Waals surface area contributed by atoms with E-state index in [-0.39, 0.29) is 6.61 Å². The van der Waals surface area contributed by atoms with Crippen LogP contribution in [0, 0.1) is 11.6 Å². The number of aliphatic hydroxyl groups is 1. The zero-order chi connectivity index (χ0) is 12.8. The maximum Gasteiger partial charge on any atom is 0.159 e. The fraction of sp³-hybridized carbons (Fsp3) is 0.500. The van der Waals surface area contributed by atoms with Gasteiger partial charge in [0, 0.05) is 20.2 Å². The van der Waals surface area contributed by atoms with Gasteiger partial charge in [-0.15, -0.1) is 0 Å². The van der Waals surface area contributed by atoms with E-state index in [0.29, 0.717) is 18.7 Å². The molecule has 96 valence electrons. The summed E-state index contributed by atoms with van der Waals surface area (Å²) in [6.07, 6.45) is -0.588. The predicted molar refractivity (Wildman–Crippen MR) is 60.6 cm³/mol. The van der Waals surface area contributed by atoms with E-state index in [9.17, 15) is 13.9 Å². The molecule has 0 radical (unpaired) electrons. The summed E-state index contributed by atoms with van der Waals surface area (Å²) in [5.74, 6) is -1.70. The highest BCUT2D eigenvalue weighted by Gasteiger charge is 2.09. The molecule has 0 aromatic heterocycles. The van der Waals surface area contributed by atoms with Crippen LogP contribution in [0.15, 0.2) is 18.2 Å². The van der Waals surface area contributed by atoms with Crippen molar-refractivity contribution in [1.82, 2.24) is 4.90 Å². The third kappa shape index (κ3) is 4.77. The molecular weight excluding hydrogens is 228 g/mol. The van der Waals surface area contributed by atoms with Gasteiger partial charge in [-0.25, -0.2) is 8.78 Å². The van der Waals surface area contributed by atoms with E-state index in [1.165, 1.54) is 13.2 Å². The van der Waals surface area contributed by atoms with Crippen molar-refractivity contribution < 1.29 is 18.6 Å². The first kappa shape index (κ1) is 14.0. The summed E-state index contributed by atoms with van der Waals surface area (Å²) >= 11 is 0. The zero-order valence-electron chi connectivity index (χ0n) is 9.99. The van der Waals surface area contributed by atoms with Crippen LogP contribution in [0.1, 0.15) is 5.56 Å². The fourth-order valence-corrected chi connectivity index (χ4v) is 1.62. The van der Waals surface area contributed by atoms with Gasteiger partial charge in [-0.05, 0) is 24.7 Å². The normalized spacial score (nSPS) is 13.1. The molecule has 0 spiro atoms. The summed E-state index contributed by atoms with van der Waals surface area (Å²) in [5.41, 5.74) is 0.663. The summed E-state index contributed by atoms with van der Waals surface area (Å²) in [5, 5.41) is 9.50. The second-order valence-electron chi connectivity index (χ2n) is 4.05. The van der Waals surface area contributed by atoms with Gasteiger partial charge in [0.15, 0.2) is 11.6 Å². The molecule has 1 rings (SSSR count). The van der Waals surface area contributed by atoms with Gasteiger partial charge < -0.3 is 9.84 Å². The average Bonchev–Trinajstić information content (AvgIpc) is 2.23. The van der Waals surface area contributed by atoms with Gasteiger partial charge in [0.2, 0.25) is 0 Å². The monoisotopic (exact) mass is 245 g/mol. The summed E-state index contributed by atoms with van der Waals surface area (Å²) < 4.78 is 30.5. The van der Waals surface area contributed by atoms with E-state index >= 15 is 0 Å². The molecule has 0 heterocycles. The maximum absolute atomic E-state index is 12.9. The van der Waals surface area contributed by atoms with Crippen LogP contribution in [0.3, 0.4) is 0 Å². The van der Waals surface area contributed by atoms with E-state index in [1.54, 1.807) is 7.05 Å². The Bertz CT molecular complexity index is 360. The molecule has 0 saturated heterocycles. The molecule has 3 nitrogen and oxygen atoms in total. The first-order valence-corrected chi connectivity index (χ1v) is 5.32. The van der Waals surface area contributed by atoms with Crippen molar-refractivity contribution >= 4 is 0 Å². The maximum atomic E-state index is 12.9. The number of benzene rings is 1. The van der Waals surface area contributed by atoms with Gasteiger partial charge in [-0.2, -0.15) is 0 Å². The SMILES string of the molecule is COCC(O)CN(C)Cc1ccc(F)c(F)c1. The molecule has 0 aliphatic heterocycles. The van der Waals surface area contributed by atoms with Crippen molar-refractivity contribution in [3.05, 3.63) is 35.4 Å². The lowest BCUT2D eigenvalue weighted by molar-refractivity contribution is 0.0418. The average molecular weight is 245 g/mol. The number of nitrogens with zero attached hydrogens (tertiary/aromatic N) is 1. The van der Waals surface area contributed by atoms with Gasteiger partial charge >= 0.3 is 0 Å². The minimum atomic E-state index is -0.853. The molecule has 0 aliphatic rings. The van der Waals surface area contributed by atoms with E-state index < -0.39 is 17.7 Å². The standard InChI is InChI=1S/C12H17F2NO2/c1-15(7-10(16)8-17-2)6-9-3-4-11(13)12(14)5-9/h3-5,10,16H,6-8H2,1-2H3. The number of hydrogen-bond donors (Lipinski definition) is 1. The molecule has 0 aliphatic carbocycles. The minimum absolute atomic E-state index is 0.252. The summed E-state index contributed by atoms with van der Waals surface area (Å²) in [7, 11) is 3.30. The summed E-state index contributed by atoms with van der Waals surface area (Å²) in [4.78, 5) is 1.82. The van der Waals surface area contributed by atoms with Gasteiger partial charge in [-0.1, -0.05) is 6.07 Å². The predicted octanol–water partition coefficient (Wildman–Crippen LogP) is 1.40. The van der Waals surface area contributed by atoms with Crippen molar-refractivity contribution in [1.29, 1.82) is 0 Å². The van der Waals surface area contributed by atoms with Crippen LogP contribution in [0.5, 0.6) is 0 Å². The van der Waals surface area contributed by atoms with E-state index in [4.69, 9.17) is 4.74 Å². The van der Waals surface area contributed by atoms with E-state index in [1.807, 2.05) is 4.90 Å². The lowest BCUT2D eigenvalue weighted by atomic mass is 10.2. The van der Waals surface area contributed by atoms with Crippen molar-refractivity contribution in [2.75, 3.05) is 27.3 Å². The van der Waals surface area contributed by atoms with Crippen LogP contribution in [-0.2, 0) is 11.3 Å². The summed E-state index contributed by atoms with van der Waals surface area (Å²) in [6.45, 7) is 1.10. The highest BCUT2D eigenvalue weighted by molar-refractivity contribution is 5.17. The van der Waals surface area contributed by atoms with E-state index in [2.05, 4.69) is 0 Å². The Morgan fingerprint density at radius 2 is 2.06 bits per heavy atom. The Morgan fingerprint density at radius 1 is 1.35 bits per heavy atom. The smallest absolute Gasteiger partial charge is 0.159 e. The van der Waals surface area contributed by atoms with Gasteiger partial charge in [0.05, 0.1) is 12.7 Å². The molecule has 17 heavy (non-hydrogen) atoms. The minimum Gasteiger partial charge on any atom is -0.389 e. The van der Waals surface area contributed by atoms with Crippen LogP contribution >= 0.6 is 0 Å². The first-order valence-electron chi connectivity index (χ1n) is 5.32. The van der Waals surface area contributed by atoms with Crippen molar-refractivity contribution in [3.8, 4) is 0 Å². The van der Waals surface area contributed by atoms with Crippen LogP contribution in [0.2, 0.25) is 0 Å². The molecule has 0 saturated carbocycles. The fourth-order valence-electron chi connectivity index (χ4n) is 1.62. The Hall–Kier alpha value is -1.04. The van der Waals surface area contributed by atoms with Crippen molar-refractivity contribution in [2.45, 2.75) is 12.6 Å². The number of aliphatic hydroxyl groups excluding tert-OH is 1. The number of halogens is 2. The number of ether oxygens (including phenoxy) is 1. The number of rotatable bonds is 6. The summed E-state index contributed by atoms with van der Waals surface area (Å²) in [6, 6.07) is 3.79. The molecule has 0 bridgehead atoms. The second-order valence-corrected chi connectivity index (χ2v) is 4.05. The number of likely N-dealkylation sites (N-methyl/N-ethyl adjacent to an activating group) is 1. The highest BCUT2D eigenvalue weighted by Crippen LogP contribution is 2.10. The Kier molecular flexibility index (Phi) is 5.47. The molecule has 0 fully saturated rings. The van der Waals surface area contributed by atoms with Gasteiger partial charge in [0.25, 0.3) is 0 Å². The zero-order valence-corrected chi connectivity index (χ0v) is 9.99. The molecule has 1 aromatic rings. The Morgan fingerprint density at radius 3 is 2.65 bits per heavy atom. The van der Waals surface area contributed by atoms with Gasteiger partial charge in [-0.3, -0.25) is 4.90 Å². The Labute approximate surface area is 99.6 Å². The third-order valence-electron chi connectivity index (χ3n) is 2.32. The topological polar surface area (TPSA) is 32.7 Å². The third-order valence-corrected chi connectivity index (χ3v) is 2.32. The molecule has 5 heteroatoms. The lowest BCUT2D eigenvalue weighted by Crippen LogP contribution is -2.31. The lowest BCUT2D eigenvalue weighted by Gasteiger charge is -2.20.